The Morgan fingerprint density at radius 2 is 1.96 bits per heavy atom. The Labute approximate surface area is 141 Å². The van der Waals surface area contributed by atoms with Crippen molar-refractivity contribution in [2.45, 2.75) is 44.7 Å². The molecule has 2 aromatic rings. The van der Waals surface area contributed by atoms with Crippen LogP contribution in [0.1, 0.15) is 37.7 Å². The molecule has 0 atom stereocenters. The molecule has 0 unspecified atom stereocenters. The van der Waals surface area contributed by atoms with Gasteiger partial charge in [-0.25, -0.2) is 4.79 Å². The standard InChI is InChI=1S/C17H21ClN4O/c18-14-8-6-13(7-9-14)11-22-12-16(10-19-22)21-17(23)20-15-4-2-1-3-5-15/h6-10,12,15H,1-5,11H2,(H2,20,21,23). The van der Waals surface area contributed by atoms with Crippen molar-refractivity contribution in [1.82, 2.24) is 15.1 Å². The predicted molar refractivity (Wildman–Crippen MR) is 91.8 cm³/mol. The van der Waals surface area contributed by atoms with Crippen LogP contribution in [0.4, 0.5) is 10.5 Å². The lowest BCUT2D eigenvalue weighted by atomic mass is 9.96. The Hall–Kier alpha value is -2.01. The predicted octanol–water partition coefficient (Wildman–Crippen LogP) is 4.04. The van der Waals surface area contributed by atoms with Crippen LogP contribution in [0.15, 0.2) is 36.7 Å². The summed E-state index contributed by atoms with van der Waals surface area (Å²) in [6, 6.07) is 7.80. The number of carbonyl (C=O) groups excluding carboxylic acids is 1. The van der Waals surface area contributed by atoms with Crippen molar-refractivity contribution in [3.63, 3.8) is 0 Å². The summed E-state index contributed by atoms with van der Waals surface area (Å²) in [4.78, 5) is 12.0. The second-order valence-corrected chi connectivity index (χ2v) is 6.42. The normalized spacial score (nSPS) is 15.3. The molecule has 122 valence electrons. The molecule has 0 radical (unpaired) electrons. The number of nitrogens with zero attached hydrogens (tertiary/aromatic N) is 2. The number of urea groups is 1. The number of aromatic nitrogens is 2. The molecule has 23 heavy (non-hydrogen) atoms. The first-order chi connectivity index (χ1) is 11.2. The maximum Gasteiger partial charge on any atom is 0.319 e. The number of anilines is 1. The highest BCUT2D eigenvalue weighted by molar-refractivity contribution is 6.30. The number of rotatable bonds is 4. The van der Waals surface area contributed by atoms with Crippen LogP contribution in [0, 0.1) is 0 Å². The van der Waals surface area contributed by atoms with Crippen molar-refractivity contribution in [3.05, 3.63) is 47.2 Å². The quantitative estimate of drug-likeness (QED) is 0.887. The second kappa shape index (κ2) is 7.51. The zero-order chi connectivity index (χ0) is 16.1. The van der Waals surface area contributed by atoms with Gasteiger partial charge in [-0.2, -0.15) is 5.10 Å². The number of hydrogen-bond acceptors (Lipinski definition) is 2. The fraction of sp³-hybridized carbons (Fsp3) is 0.412. The topological polar surface area (TPSA) is 59.0 Å². The number of amides is 2. The molecule has 1 fully saturated rings. The molecule has 0 aliphatic heterocycles. The van der Waals surface area contributed by atoms with Gasteiger partial charge < -0.3 is 10.6 Å². The number of nitrogens with one attached hydrogen (secondary N) is 2. The zero-order valence-corrected chi connectivity index (χ0v) is 13.7. The Kier molecular flexibility index (Phi) is 5.18. The van der Waals surface area contributed by atoms with Gasteiger partial charge in [0.05, 0.1) is 18.4 Å². The van der Waals surface area contributed by atoms with Crippen LogP contribution in [0.2, 0.25) is 5.02 Å². The monoisotopic (exact) mass is 332 g/mol. The minimum atomic E-state index is -0.150. The molecule has 6 heteroatoms. The van der Waals surface area contributed by atoms with Gasteiger partial charge in [0.1, 0.15) is 0 Å². The third-order valence-electron chi connectivity index (χ3n) is 4.09. The maximum atomic E-state index is 12.0. The molecule has 1 aromatic heterocycles. The van der Waals surface area contributed by atoms with Crippen molar-refractivity contribution in [2.24, 2.45) is 0 Å². The lowest BCUT2D eigenvalue weighted by Gasteiger charge is -2.22. The van der Waals surface area contributed by atoms with Gasteiger partial charge in [0.25, 0.3) is 0 Å². The van der Waals surface area contributed by atoms with E-state index in [0.29, 0.717) is 18.3 Å². The first-order valence-corrected chi connectivity index (χ1v) is 8.41. The SMILES string of the molecule is O=C(Nc1cnn(Cc2ccc(Cl)cc2)c1)NC1CCCCC1. The van der Waals surface area contributed by atoms with E-state index >= 15 is 0 Å². The highest BCUT2D eigenvalue weighted by atomic mass is 35.5. The summed E-state index contributed by atoms with van der Waals surface area (Å²) in [6.45, 7) is 0.642. The highest BCUT2D eigenvalue weighted by Crippen LogP contribution is 2.17. The highest BCUT2D eigenvalue weighted by Gasteiger charge is 2.15. The van der Waals surface area contributed by atoms with E-state index in [1.54, 1.807) is 10.9 Å². The maximum absolute atomic E-state index is 12.0. The molecule has 3 rings (SSSR count). The van der Waals surface area contributed by atoms with Gasteiger partial charge in [0, 0.05) is 17.3 Å². The molecule has 2 amide bonds. The fourth-order valence-corrected chi connectivity index (χ4v) is 3.02. The molecule has 0 bridgehead atoms. The summed E-state index contributed by atoms with van der Waals surface area (Å²) in [5.74, 6) is 0. The summed E-state index contributed by atoms with van der Waals surface area (Å²) in [7, 11) is 0. The zero-order valence-electron chi connectivity index (χ0n) is 13.0. The van der Waals surface area contributed by atoms with Crippen molar-refractivity contribution < 1.29 is 4.79 Å². The lowest BCUT2D eigenvalue weighted by Crippen LogP contribution is -2.38. The number of benzene rings is 1. The minimum Gasteiger partial charge on any atom is -0.335 e. The summed E-state index contributed by atoms with van der Waals surface area (Å²) >= 11 is 5.88. The molecule has 2 N–H and O–H groups in total. The summed E-state index contributed by atoms with van der Waals surface area (Å²) < 4.78 is 1.79. The number of halogens is 1. The van der Waals surface area contributed by atoms with Gasteiger partial charge in [-0.1, -0.05) is 43.0 Å². The molecule has 0 saturated heterocycles. The van der Waals surface area contributed by atoms with Gasteiger partial charge in [-0.05, 0) is 30.5 Å². The Bertz CT molecular complexity index is 647. The molecule has 1 saturated carbocycles. The third kappa shape index (κ3) is 4.73. The molecule has 1 aliphatic carbocycles. The second-order valence-electron chi connectivity index (χ2n) is 5.99. The van der Waals surface area contributed by atoms with E-state index in [2.05, 4.69) is 15.7 Å². The van der Waals surface area contributed by atoms with E-state index in [1.807, 2.05) is 30.5 Å². The van der Waals surface area contributed by atoms with E-state index in [-0.39, 0.29) is 6.03 Å². The number of carbonyl (C=O) groups is 1. The van der Waals surface area contributed by atoms with Crippen LogP contribution in [-0.4, -0.2) is 21.9 Å². The van der Waals surface area contributed by atoms with E-state index in [4.69, 9.17) is 11.6 Å². The Morgan fingerprint density at radius 3 is 2.70 bits per heavy atom. The van der Waals surface area contributed by atoms with Gasteiger partial charge in [-0.3, -0.25) is 4.68 Å². The minimum absolute atomic E-state index is 0.150. The largest absolute Gasteiger partial charge is 0.335 e. The Morgan fingerprint density at radius 1 is 1.22 bits per heavy atom. The van der Waals surface area contributed by atoms with Crippen molar-refractivity contribution in [1.29, 1.82) is 0 Å². The van der Waals surface area contributed by atoms with Crippen LogP contribution in [0.5, 0.6) is 0 Å². The van der Waals surface area contributed by atoms with Crippen molar-refractivity contribution in [3.8, 4) is 0 Å². The molecular formula is C17H21ClN4O. The molecule has 1 aromatic carbocycles. The van der Waals surface area contributed by atoms with E-state index in [9.17, 15) is 4.79 Å². The molecule has 1 heterocycles. The smallest absolute Gasteiger partial charge is 0.319 e. The molecule has 5 nitrogen and oxygen atoms in total. The van der Waals surface area contributed by atoms with Crippen LogP contribution in [0.3, 0.4) is 0 Å². The van der Waals surface area contributed by atoms with Crippen LogP contribution >= 0.6 is 11.6 Å². The van der Waals surface area contributed by atoms with Gasteiger partial charge in [-0.15, -0.1) is 0 Å². The average molecular weight is 333 g/mol. The van der Waals surface area contributed by atoms with E-state index < -0.39 is 0 Å². The van der Waals surface area contributed by atoms with Crippen LogP contribution in [-0.2, 0) is 6.54 Å². The summed E-state index contributed by atoms with van der Waals surface area (Å²) in [6.07, 6.45) is 9.31. The Balaban J connectivity index is 1.52. The number of hydrogen-bond donors (Lipinski definition) is 2. The fourth-order valence-electron chi connectivity index (χ4n) is 2.89. The average Bonchev–Trinajstić information content (AvgIpc) is 2.97. The first-order valence-electron chi connectivity index (χ1n) is 8.03. The van der Waals surface area contributed by atoms with Crippen molar-refractivity contribution in [2.75, 3.05) is 5.32 Å². The lowest BCUT2D eigenvalue weighted by molar-refractivity contribution is 0.244. The molecular weight excluding hydrogens is 312 g/mol. The van der Waals surface area contributed by atoms with Gasteiger partial charge in [0.15, 0.2) is 0 Å². The molecule has 0 spiro atoms. The summed E-state index contributed by atoms with van der Waals surface area (Å²) in [5, 5.41) is 10.9. The van der Waals surface area contributed by atoms with Crippen molar-refractivity contribution >= 4 is 23.3 Å². The van der Waals surface area contributed by atoms with Gasteiger partial charge in [0.2, 0.25) is 0 Å². The summed E-state index contributed by atoms with van der Waals surface area (Å²) in [5.41, 5.74) is 1.81. The van der Waals surface area contributed by atoms with Crippen LogP contribution in [0.25, 0.3) is 0 Å². The van der Waals surface area contributed by atoms with Gasteiger partial charge >= 0.3 is 6.03 Å². The third-order valence-corrected chi connectivity index (χ3v) is 4.34. The van der Waals surface area contributed by atoms with E-state index in [1.165, 1.54) is 19.3 Å². The van der Waals surface area contributed by atoms with Crippen LogP contribution < -0.4 is 10.6 Å². The van der Waals surface area contributed by atoms with E-state index in [0.717, 1.165) is 23.4 Å². The first kappa shape index (κ1) is 15.9. The molecule has 1 aliphatic rings.